The number of rotatable bonds is 8. The Morgan fingerprint density at radius 2 is 1.68 bits per heavy atom. The molecule has 1 heterocycles. The van der Waals surface area contributed by atoms with Gasteiger partial charge in [0.1, 0.15) is 5.84 Å². The minimum absolute atomic E-state index is 0.132. The van der Waals surface area contributed by atoms with Crippen molar-refractivity contribution in [3.8, 4) is 0 Å². The average molecular weight is 626 g/mol. The Morgan fingerprint density at radius 3 is 2.27 bits per heavy atom. The van der Waals surface area contributed by atoms with Gasteiger partial charge in [0.25, 0.3) is 5.92 Å². The van der Waals surface area contributed by atoms with Gasteiger partial charge >= 0.3 is 0 Å². The van der Waals surface area contributed by atoms with Crippen molar-refractivity contribution < 1.29 is 22.0 Å². The molecule has 1 aliphatic heterocycles. The van der Waals surface area contributed by atoms with Gasteiger partial charge in [-0.15, -0.1) is 0 Å². The summed E-state index contributed by atoms with van der Waals surface area (Å²) in [5.41, 5.74) is -0.946. The third-order valence-electron chi connectivity index (χ3n) is 9.26. The summed E-state index contributed by atoms with van der Waals surface area (Å²) in [7, 11) is -2.29. The van der Waals surface area contributed by atoms with Crippen molar-refractivity contribution in [2.24, 2.45) is 10.4 Å². The van der Waals surface area contributed by atoms with E-state index in [2.05, 4.69) is 5.32 Å². The summed E-state index contributed by atoms with van der Waals surface area (Å²) in [6.45, 7) is 3.90. The lowest BCUT2D eigenvalue weighted by molar-refractivity contribution is -0.152. The van der Waals surface area contributed by atoms with Crippen molar-refractivity contribution in [3.63, 3.8) is 0 Å². The maximum Gasteiger partial charge on any atom is 0.252 e. The fraction of sp³-hybridized carbons (Fsp3) is 0.517. The van der Waals surface area contributed by atoms with Crippen molar-refractivity contribution in [1.82, 2.24) is 14.5 Å². The molecule has 4 saturated carbocycles. The van der Waals surface area contributed by atoms with Gasteiger partial charge in [-0.1, -0.05) is 47.5 Å². The molecule has 1 N–H and O–H groups in total. The van der Waals surface area contributed by atoms with Crippen LogP contribution in [0.2, 0.25) is 10.0 Å². The number of hydrogen-bond donors (Lipinski definition) is 1. The quantitative estimate of drug-likeness (QED) is 0.420. The number of halogens is 4. The van der Waals surface area contributed by atoms with Gasteiger partial charge in [-0.25, -0.2) is 17.2 Å². The van der Waals surface area contributed by atoms with E-state index in [4.69, 9.17) is 28.2 Å². The van der Waals surface area contributed by atoms with Crippen LogP contribution in [0.25, 0.3) is 0 Å². The highest BCUT2D eigenvalue weighted by molar-refractivity contribution is 7.89. The van der Waals surface area contributed by atoms with Crippen LogP contribution in [0.1, 0.15) is 51.5 Å². The zero-order chi connectivity index (χ0) is 29.6. The summed E-state index contributed by atoms with van der Waals surface area (Å²) in [5, 5.41) is 4.18. The molecule has 4 aliphatic carbocycles. The van der Waals surface area contributed by atoms with Gasteiger partial charge in [0.2, 0.25) is 15.9 Å². The second-order valence-corrected chi connectivity index (χ2v) is 15.4. The number of amides is 1. The Bertz CT molecular complexity index is 1520. The highest BCUT2D eigenvalue weighted by atomic mass is 35.5. The summed E-state index contributed by atoms with van der Waals surface area (Å²) < 4.78 is 56.4. The average Bonchev–Trinajstić information content (AvgIpc) is 3.16. The zero-order valence-electron chi connectivity index (χ0n) is 23.0. The third-order valence-corrected chi connectivity index (χ3v) is 12.0. The summed E-state index contributed by atoms with van der Waals surface area (Å²) in [6, 6.07) is 12.2. The molecule has 12 heteroatoms. The highest BCUT2D eigenvalue weighted by Crippen LogP contribution is 2.71. The number of nitrogens with one attached hydrogen (secondary N) is 1. The Morgan fingerprint density at radius 1 is 1.05 bits per heavy atom. The maximum atomic E-state index is 14.0. The van der Waals surface area contributed by atoms with E-state index in [0.29, 0.717) is 35.1 Å². The summed E-state index contributed by atoms with van der Waals surface area (Å²) in [5.74, 6) is -2.31. The van der Waals surface area contributed by atoms with Crippen LogP contribution in [0, 0.1) is 5.41 Å². The molecule has 5 aliphatic rings. The van der Waals surface area contributed by atoms with Gasteiger partial charge in [0.05, 0.1) is 20.5 Å². The Kier molecular flexibility index (Phi) is 6.58. The van der Waals surface area contributed by atoms with Crippen LogP contribution in [0.5, 0.6) is 0 Å². The lowest BCUT2D eigenvalue weighted by Crippen LogP contribution is -2.78. The topological polar surface area (TPSA) is 82.1 Å². The van der Waals surface area contributed by atoms with E-state index in [-0.39, 0.29) is 35.6 Å². The summed E-state index contributed by atoms with van der Waals surface area (Å²) in [4.78, 5) is 19.8. The molecule has 1 atom stereocenters. The molecular weight excluding hydrogens is 593 g/mol. The molecule has 4 fully saturated rings. The molecule has 0 unspecified atom stereocenters. The lowest BCUT2D eigenvalue weighted by Gasteiger charge is -2.73. The highest BCUT2D eigenvalue weighted by Gasteiger charge is 2.75. The Hall–Kier alpha value is -2.27. The molecule has 0 saturated heterocycles. The molecule has 41 heavy (non-hydrogen) atoms. The SMILES string of the molecule is CN(C(=O)[C@@H]1N=C(C23CC(N(Cc4ccc(Cl)c(Cl)c4)S(=O)(=O)c4ccccc4)(C2)C3)NC1(C)C)C1CC(F)(F)C1. The molecule has 0 aromatic heterocycles. The fourth-order valence-electron chi connectivity index (χ4n) is 6.89. The van der Waals surface area contributed by atoms with E-state index < -0.39 is 39.1 Å². The van der Waals surface area contributed by atoms with E-state index in [0.717, 1.165) is 5.56 Å². The standard InChI is InChI=1S/C29H32Cl2F2N4O3S/c1-26(2)23(24(38)36(3)19-12-29(32,33)13-19)34-25(35-26)27-15-28(16-27,17-27)37(14-18-9-10-21(30)22(31)11-18)41(39,40)20-7-5-4-6-8-20/h4-11,19,23H,12-17H2,1-3H3,(H,34,35)/t23-,27?,28?/m0/s1. The molecule has 2 bridgehead atoms. The number of alkyl halides is 2. The van der Waals surface area contributed by atoms with Gasteiger partial charge in [0.15, 0.2) is 6.04 Å². The molecule has 0 radical (unpaired) electrons. The monoisotopic (exact) mass is 624 g/mol. The van der Waals surface area contributed by atoms with Crippen molar-refractivity contribution in [3.05, 3.63) is 64.1 Å². The van der Waals surface area contributed by atoms with Crippen molar-refractivity contribution >= 4 is 45.0 Å². The predicted octanol–water partition coefficient (Wildman–Crippen LogP) is 5.51. The van der Waals surface area contributed by atoms with Crippen LogP contribution in [0.4, 0.5) is 8.78 Å². The number of likely N-dealkylation sites (N-methyl/N-ethyl adjacent to an activating group) is 1. The second-order valence-electron chi connectivity index (χ2n) is 12.7. The fourth-order valence-corrected chi connectivity index (χ4v) is 8.99. The Balaban J connectivity index is 1.24. The lowest BCUT2D eigenvalue weighted by atomic mass is 9.38. The first-order valence-electron chi connectivity index (χ1n) is 13.6. The minimum Gasteiger partial charge on any atom is -0.366 e. The number of carbonyl (C=O) groups excluding carboxylic acids is 1. The van der Waals surface area contributed by atoms with Crippen molar-refractivity contribution in [2.75, 3.05) is 7.05 Å². The summed E-state index contributed by atoms with van der Waals surface area (Å²) in [6.07, 6.45) is 1.01. The smallest absolute Gasteiger partial charge is 0.252 e. The molecule has 2 aromatic rings. The number of carbonyl (C=O) groups is 1. The van der Waals surface area contributed by atoms with Gasteiger partial charge in [-0.3, -0.25) is 9.79 Å². The minimum atomic E-state index is -3.85. The van der Waals surface area contributed by atoms with Crippen LogP contribution in [-0.4, -0.2) is 65.5 Å². The van der Waals surface area contributed by atoms with E-state index in [9.17, 15) is 22.0 Å². The van der Waals surface area contributed by atoms with E-state index in [1.54, 1.807) is 59.9 Å². The van der Waals surface area contributed by atoms with Crippen LogP contribution in [0.3, 0.4) is 0 Å². The van der Waals surface area contributed by atoms with Crippen molar-refractivity contribution in [2.45, 2.75) is 86.5 Å². The largest absolute Gasteiger partial charge is 0.366 e. The number of sulfonamides is 1. The van der Waals surface area contributed by atoms with Gasteiger partial charge in [-0.05, 0) is 62.9 Å². The van der Waals surface area contributed by atoms with E-state index in [1.165, 1.54) is 4.90 Å². The normalized spacial score (nSPS) is 29.6. The van der Waals surface area contributed by atoms with Crippen LogP contribution < -0.4 is 5.32 Å². The summed E-state index contributed by atoms with van der Waals surface area (Å²) >= 11 is 12.4. The molecule has 7 rings (SSSR count). The van der Waals surface area contributed by atoms with Crippen LogP contribution >= 0.6 is 23.2 Å². The number of aliphatic imine (C=N–C) groups is 1. The molecule has 7 nitrogen and oxygen atoms in total. The number of benzene rings is 2. The van der Waals surface area contributed by atoms with Crippen LogP contribution in [-0.2, 0) is 21.4 Å². The van der Waals surface area contributed by atoms with Crippen molar-refractivity contribution in [1.29, 1.82) is 0 Å². The molecular formula is C29H32Cl2F2N4O3S. The second kappa shape index (κ2) is 9.36. The Labute approximate surface area is 248 Å². The number of nitrogens with zero attached hydrogens (tertiary/aromatic N) is 3. The zero-order valence-corrected chi connectivity index (χ0v) is 25.3. The van der Waals surface area contributed by atoms with Gasteiger partial charge in [0, 0.05) is 43.4 Å². The maximum absolute atomic E-state index is 14.0. The van der Waals surface area contributed by atoms with Gasteiger partial charge in [-0.2, -0.15) is 4.31 Å². The number of amidine groups is 1. The molecule has 0 spiro atoms. The van der Waals surface area contributed by atoms with Gasteiger partial charge < -0.3 is 10.2 Å². The molecule has 2 aromatic carbocycles. The first kappa shape index (κ1) is 28.8. The molecule has 220 valence electrons. The first-order chi connectivity index (χ1) is 19.1. The first-order valence-corrected chi connectivity index (χ1v) is 15.8. The van der Waals surface area contributed by atoms with E-state index in [1.807, 2.05) is 13.8 Å². The third kappa shape index (κ3) is 4.65. The van der Waals surface area contributed by atoms with Crippen LogP contribution in [0.15, 0.2) is 58.4 Å². The van der Waals surface area contributed by atoms with E-state index >= 15 is 0 Å². The predicted molar refractivity (Wildman–Crippen MR) is 154 cm³/mol. The number of hydrogen-bond acceptors (Lipinski definition) is 5. The molecule has 1 amide bonds.